The van der Waals surface area contributed by atoms with Crippen LogP contribution in [-0.4, -0.2) is 49.0 Å². The van der Waals surface area contributed by atoms with Crippen LogP contribution in [0, 0.1) is 5.82 Å². The minimum atomic E-state index is -0.504. The molecule has 2 aromatic rings. The van der Waals surface area contributed by atoms with Gasteiger partial charge in [0.15, 0.2) is 0 Å². The zero-order valence-corrected chi connectivity index (χ0v) is 17.2. The third-order valence-corrected chi connectivity index (χ3v) is 5.09. The number of halogens is 1. The molecule has 0 spiro atoms. The van der Waals surface area contributed by atoms with Crippen molar-refractivity contribution in [2.45, 2.75) is 32.4 Å². The first-order valence-corrected chi connectivity index (χ1v) is 10.3. The average Bonchev–Trinajstić information content (AvgIpc) is 2.74. The zero-order valence-electron chi connectivity index (χ0n) is 17.2. The SMILES string of the molecule is CCOc1ccc(CN2CCNC(=O)C2CC(=O)NCCc2ccc(F)cc2)cc1. The van der Waals surface area contributed by atoms with Gasteiger partial charge < -0.3 is 15.4 Å². The van der Waals surface area contributed by atoms with Gasteiger partial charge in [0.25, 0.3) is 0 Å². The van der Waals surface area contributed by atoms with Gasteiger partial charge in [-0.2, -0.15) is 0 Å². The molecule has 0 saturated carbocycles. The average molecular weight is 413 g/mol. The van der Waals surface area contributed by atoms with E-state index in [0.717, 1.165) is 16.9 Å². The van der Waals surface area contributed by atoms with Gasteiger partial charge >= 0.3 is 0 Å². The largest absolute Gasteiger partial charge is 0.494 e. The quantitative estimate of drug-likeness (QED) is 0.662. The van der Waals surface area contributed by atoms with E-state index in [-0.39, 0.29) is 24.1 Å². The highest BCUT2D eigenvalue weighted by Crippen LogP contribution is 2.17. The van der Waals surface area contributed by atoms with Gasteiger partial charge in [0.05, 0.1) is 19.1 Å². The smallest absolute Gasteiger partial charge is 0.237 e. The second-order valence-corrected chi connectivity index (χ2v) is 7.28. The zero-order chi connectivity index (χ0) is 21.3. The topological polar surface area (TPSA) is 70.7 Å². The maximum absolute atomic E-state index is 13.0. The summed E-state index contributed by atoms with van der Waals surface area (Å²) in [6.45, 7) is 4.84. The molecule has 1 unspecified atom stereocenters. The van der Waals surface area contributed by atoms with Gasteiger partial charge in [0, 0.05) is 26.2 Å². The Morgan fingerprint density at radius 1 is 1.17 bits per heavy atom. The Kier molecular flexibility index (Phi) is 7.79. The predicted octanol–water partition coefficient (Wildman–Crippen LogP) is 2.27. The van der Waals surface area contributed by atoms with Crippen LogP contribution < -0.4 is 15.4 Å². The number of ether oxygens (including phenoxy) is 1. The van der Waals surface area contributed by atoms with Gasteiger partial charge in [0.2, 0.25) is 11.8 Å². The first kappa shape index (κ1) is 21.8. The maximum atomic E-state index is 13.0. The van der Waals surface area contributed by atoms with Crippen LogP contribution in [-0.2, 0) is 22.6 Å². The highest BCUT2D eigenvalue weighted by molar-refractivity contribution is 5.88. The fraction of sp³-hybridized carbons (Fsp3) is 0.391. The first-order chi connectivity index (χ1) is 14.5. The summed E-state index contributed by atoms with van der Waals surface area (Å²) in [6, 6.07) is 13.5. The van der Waals surface area contributed by atoms with Crippen LogP contribution in [0.2, 0.25) is 0 Å². The van der Waals surface area contributed by atoms with Crippen molar-refractivity contribution in [3.63, 3.8) is 0 Å². The molecule has 2 aromatic carbocycles. The van der Waals surface area contributed by atoms with E-state index in [0.29, 0.717) is 39.2 Å². The van der Waals surface area contributed by atoms with E-state index in [1.807, 2.05) is 36.1 Å². The van der Waals surface area contributed by atoms with E-state index in [2.05, 4.69) is 10.6 Å². The van der Waals surface area contributed by atoms with Crippen molar-refractivity contribution in [3.05, 3.63) is 65.5 Å². The summed E-state index contributed by atoms with van der Waals surface area (Å²) in [5.41, 5.74) is 2.01. The van der Waals surface area contributed by atoms with E-state index in [4.69, 9.17) is 4.74 Å². The molecule has 6 nitrogen and oxygen atoms in total. The Hall–Kier alpha value is -2.93. The molecule has 0 bridgehead atoms. The van der Waals surface area contributed by atoms with Gasteiger partial charge in [0.1, 0.15) is 11.6 Å². The number of piperazine rings is 1. The monoisotopic (exact) mass is 413 g/mol. The number of benzene rings is 2. The Balaban J connectivity index is 1.52. The first-order valence-electron chi connectivity index (χ1n) is 10.3. The van der Waals surface area contributed by atoms with Crippen LogP contribution in [0.15, 0.2) is 48.5 Å². The fourth-order valence-electron chi connectivity index (χ4n) is 3.51. The number of nitrogens with one attached hydrogen (secondary N) is 2. The number of rotatable bonds is 9. The summed E-state index contributed by atoms with van der Waals surface area (Å²) in [4.78, 5) is 26.9. The molecule has 2 amide bonds. The van der Waals surface area contributed by atoms with E-state index in [1.54, 1.807) is 12.1 Å². The van der Waals surface area contributed by atoms with Crippen LogP contribution >= 0.6 is 0 Å². The Labute approximate surface area is 176 Å². The lowest BCUT2D eigenvalue weighted by atomic mass is 10.1. The fourth-order valence-corrected chi connectivity index (χ4v) is 3.51. The highest BCUT2D eigenvalue weighted by atomic mass is 19.1. The Bertz CT molecular complexity index is 840. The van der Waals surface area contributed by atoms with Crippen LogP contribution in [0.4, 0.5) is 4.39 Å². The normalized spacial score (nSPS) is 16.7. The molecule has 0 aliphatic carbocycles. The van der Waals surface area contributed by atoms with Gasteiger partial charge in [-0.05, 0) is 48.7 Å². The van der Waals surface area contributed by atoms with Gasteiger partial charge in [-0.15, -0.1) is 0 Å². The van der Waals surface area contributed by atoms with Crippen molar-refractivity contribution in [3.8, 4) is 5.75 Å². The van der Waals surface area contributed by atoms with Crippen LogP contribution in [0.25, 0.3) is 0 Å². The van der Waals surface area contributed by atoms with Crippen LogP contribution in [0.3, 0.4) is 0 Å². The standard InChI is InChI=1S/C23H28FN3O3/c1-2-30-20-9-5-18(6-10-20)16-27-14-13-26-23(29)21(27)15-22(28)25-12-11-17-3-7-19(24)8-4-17/h3-10,21H,2,11-16H2,1H3,(H,25,28)(H,26,29). The molecular formula is C23H28FN3O3. The molecule has 7 heteroatoms. The summed E-state index contributed by atoms with van der Waals surface area (Å²) in [7, 11) is 0. The summed E-state index contributed by atoms with van der Waals surface area (Å²) < 4.78 is 18.4. The summed E-state index contributed by atoms with van der Waals surface area (Å²) in [5, 5.41) is 5.71. The number of hydrogen-bond donors (Lipinski definition) is 2. The lowest BCUT2D eigenvalue weighted by Gasteiger charge is -2.34. The number of carbonyl (C=O) groups is 2. The molecular weight excluding hydrogens is 385 g/mol. The van der Waals surface area contributed by atoms with Crippen molar-refractivity contribution in [2.24, 2.45) is 0 Å². The van der Waals surface area contributed by atoms with E-state index in [9.17, 15) is 14.0 Å². The lowest BCUT2D eigenvalue weighted by molar-refractivity contribution is -0.134. The second kappa shape index (κ2) is 10.7. The molecule has 1 atom stereocenters. The van der Waals surface area contributed by atoms with Crippen molar-refractivity contribution < 1.29 is 18.7 Å². The summed E-state index contributed by atoms with van der Waals surface area (Å²) in [6.07, 6.45) is 0.713. The van der Waals surface area contributed by atoms with Gasteiger partial charge in [-0.3, -0.25) is 14.5 Å². The van der Waals surface area contributed by atoms with Crippen LogP contribution in [0.1, 0.15) is 24.5 Å². The van der Waals surface area contributed by atoms with Crippen molar-refractivity contribution in [1.82, 2.24) is 15.5 Å². The molecule has 2 N–H and O–H groups in total. The minimum absolute atomic E-state index is 0.103. The molecule has 1 aliphatic rings. The molecule has 30 heavy (non-hydrogen) atoms. The third-order valence-electron chi connectivity index (χ3n) is 5.09. The number of hydrogen-bond acceptors (Lipinski definition) is 4. The van der Waals surface area contributed by atoms with Crippen molar-refractivity contribution in [2.75, 3.05) is 26.2 Å². The molecule has 0 radical (unpaired) electrons. The maximum Gasteiger partial charge on any atom is 0.237 e. The third kappa shape index (κ3) is 6.29. The highest BCUT2D eigenvalue weighted by Gasteiger charge is 2.31. The molecule has 0 aromatic heterocycles. The number of amides is 2. The van der Waals surface area contributed by atoms with Gasteiger partial charge in [-0.25, -0.2) is 4.39 Å². The van der Waals surface area contributed by atoms with Gasteiger partial charge in [-0.1, -0.05) is 24.3 Å². The molecule has 1 saturated heterocycles. The molecule has 160 valence electrons. The number of nitrogens with zero attached hydrogens (tertiary/aromatic N) is 1. The van der Waals surface area contributed by atoms with Crippen molar-refractivity contribution in [1.29, 1.82) is 0 Å². The summed E-state index contributed by atoms with van der Waals surface area (Å²) in [5.74, 6) is 0.241. The van der Waals surface area contributed by atoms with E-state index in [1.165, 1.54) is 12.1 Å². The van der Waals surface area contributed by atoms with Crippen LogP contribution in [0.5, 0.6) is 5.75 Å². The number of carbonyl (C=O) groups excluding carboxylic acids is 2. The second-order valence-electron chi connectivity index (χ2n) is 7.28. The molecule has 3 rings (SSSR count). The Morgan fingerprint density at radius 2 is 1.87 bits per heavy atom. The lowest BCUT2D eigenvalue weighted by Crippen LogP contribution is -2.56. The van der Waals surface area contributed by atoms with Crippen molar-refractivity contribution >= 4 is 11.8 Å². The van der Waals surface area contributed by atoms with E-state index >= 15 is 0 Å². The Morgan fingerprint density at radius 3 is 2.57 bits per heavy atom. The summed E-state index contributed by atoms with van der Waals surface area (Å²) >= 11 is 0. The molecule has 1 aliphatic heterocycles. The molecule has 1 fully saturated rings. The predicted molar refractivity (Wildman–Crippen MR) is 113 cm³/mol. The molecule has 1 heterocycles. The minimum Gasteiger partial charge on any atom is -0.494 e. The van der Waals surface area contributed by atoms with E-state index < -0.39 is 6.04 Å².